The molecule has 2 unspecified atom stereocenters. The van der Waals surface area contributed by atoms with Crippen LogP contribution in [0.5, 0.6) is 0 Å². The molecule has 0 saturated carbocycles. The fraction of sp³-hybridized carbons (Fsp3) is 0.364. The average molecular weight is 400 g/mol. The van der Waals surface area contributed by atoms with Crippen molar-refractivity contribution in [2.24, 2.45) is 0 Å². The van der Waals surface area contributed by atoms with Crippen molar-refractivity contribution in [3.63, 3.8) is 0 Å². The Hall–Kier alpha value is -2.37. The van der Waals surface area contributed by atoms with Gasteiger partial charge in [-0.05, 0) is 37.6 Å². The predicted octanol–water partition coefficient (Wildman–Crippen LogP) is 3.41. The van der Waals surface area contributed by atoms with Gasteiger partial charge in [-0.3, -0.25) is 9.59 Å². The largest absolute Gasteiger partial charge is 0.345 e. The van der Waals surface area contributed by atoms with Gasteiger partial charge in [0.1, 0.15) is 0 Å². The van der Waals surface area contributed by atoms with Crippen LogP contribution in [0.25, 0.3) is 0 Å². The highest BCUT2D eigenvalue weighted by molar-refractivity contribution is 6.33. The highest BCUT2D eigenvalue weighted by atomic mass is 35.5. The molecule has 0 aromatic heterocycles. The van der Waals surface area contributed by atoms with E-state index in [0.29, 0.717) is 10.6 Å². The third kappa shape index (κ3) is 4.91. The lowest BCUT2D eigenvalue weighted by atomic mass is 10.0. The zero-order valence-corrected chi connectivity index (χ0v) is 16.8. The van der Waals surface area contributed by atoms with Crippen molar-refractivity contribution < 1.29 is 9.59 Å². The summed E-state index contributed by atoms with van der Waals surface area (Å²) in [6.07, 6.45) is 2.25. The second kappa shape index (κ2) is 9.71. The first-order chi connectivity index (χ1) is 13.6. The van der Waals surface area contributed by atoms with Crippen LogP contribution in [0.1, 0.15) is 41.2 Å². The molecule has 1 fully saturated rings. The first kappa shape index (κ1) is 20.4. The standard InChI is InChI=1S/C22H26ClN3O2/c1-24-15-17-10-7-13-26(17)21(27)14-20(16-8-3-2-4-9-16)25-22(28)18-11-5-6-12-19(18)23/h2-6,8-9,11-12,17,20,24H,7,10,13-15H2,1H3,(H,25,28). The summed E-state index contributed by atoms with van der Waals surface area (Å²) >= 11 is 6.17. The van der Waals surface area contributed by atoms with E-state index in [0.717, 1.165) is 31.5 Å². The number of carbonyl (C=O) groups excluding carboxylic acids is 2. The van der Waals surface area contributed by atoms with Crippen LogP contribution >= 0.6 is 11.6 Å². The quantitative estimate of drug-likeness (QED) is 0.750. The van der Waals surface area contributed by atoms with Gasteiger partial charge in [-0.15, -0.1) is 0 Å². The Morgan fingerprint density at radius 3 is 2.57 bits per heavy atom. The number of carbonyl (C=O) groups is 2. The van der Waals surface area contributed by atoms with Crippen molar-refractivity contribution in [2.75, 3.05) is 20.1 Å². The molecule has 0 bridgehead atoms. The molecule has 2 atom stereocenters. The van der Waals surface area contributed by atoms with E-state index in [1.165, 1.54) is 0 Å². The summed E-state index contributed by atoms with van der Waals surface area (Å²) in [7, 11) is 1.90. The normalized spacial score (nSPS) is 17.4. The van der Waals surface area contributed by atoms with Gasteiger partial charge in [0.25, 0.3) is 5.91 Å². The molecule has 1 heterocycles. The number of hydrogen-bond donors (Lipinski definition) is 2. The Labute approximate surface area is 171 Å². The van der Waals surface area contributed by atoms with Gasteiger partial charge >= 0.3 is 0 Å². The molecule has 2 aromatic rings. The van der Waals surface area contributed by atoms with E-state index >= 15 is 0 Å². The van der Waals surface area contributed by atoms with Crippen molar-refractivity contribution >= 4 is 23.4 Å². The molecular formula is C22H26ClN3O2. The third-order valence-electron chi connectivity index (χ3n) is 5.14. The van der Waals surface area contributed by atoms with Crippen LogP contribution in [-0.4, -0.2) is 42.9 Å². The van der Waals surface area contributed by atoms with E-state index in [4.69, 9.17) is 11.6 Å². The Bertz CT molecular complexity index is 812. The summed E-state index contributed by atoms with van der Waals surface area (Å²) in [5.41, 5.74) is 1.31. The highest BCUT2D eigenvalue weighted by Gasteiger charge is 2.30. The molecular weight excluding hydrogens is 374 g/mol. The smallest absolute Gasteiger partial charge is 0.253 e. The molecule has 148 valence electrons. The second-order valence-corrected chi connectivity index (χ2v) is 7.47. The van der Waals surface area contributed by atoms with Gasteiger partial charge in [0, 0.05) is 19.1 Å². The van der Waals surface area contributed by atoms with E-state index in [1.54, 1.807) is 24.3 Å². The number of halogens is 1. The van der Waals surface area contributed by atoms with Gasteiger partial charge in [0.2, 0.25) is 5.91 Å². The van der Waals surface area contributed by atoms with Crippen molar-refractivity contribution in [1.29, 1.82) is 0 Å². The molecule has 5 nitrogen and oxygen atoms in total. The number of amides is 2. The van der Waals surface area contributed by atoms with Crippen molar-refractivity contribution in [3.8, 4) is 0 Å². The van der Waals surface area contributed by atoms with Gasteiger partial charge in [0.15, 0.2) is 0 Å². The lowest BCUT2D eigenvalue weighted by Gasteiger charge is -2.27. The van der Waals surface area contributed by atoms with Crippen molar-refractivity contribution in [2.45, 2.75) is 31.3 Å². The number of hydrogen-bond acceptors (Lipinski definition) is 3. The zero-order chi connectivity index (χ0) is 19.9. The van der Waals surface area contributed by atoms with Crippen LogP contribution < -0.4 is 10.6 Å². The van der Waals surface area contributed by atoms with Crippen LogP contribution in [0.3, 0.4) is 0 Å². The summed E-state index contributed by atoms with van der Waals surface area (Å²) in [6.45, 7) is 1.55. The molecule has 1 aliphatic rings. The molecule has 0 spiro atoms. The van der Waals surface area contributed by atoms with Crippen LogP contribution in [-0.2, 0) is 4.79 Å². The molecule has 0 aliphatic carbocycles. The summed E-state index contributed by atoms with van der Waals surface area (Å²) in [6, 6.07) is 16.3. The zero-order valence-electron chi connectivity index (χ0n) is 16.0. The van der Waals surface area contributed by atoms with E-state index in [1.807, 2.05) is 42.3 Å². The molecule has 6 heteroatoms. The number of likely N-dealkylation sites (N-methyl/N-ethyl adjacent to an activating group) is 1. The number of benzene rings is 2. The molecule has 2 amide bonds. The Balaban J connectivity index is 1.77. The molecule has 1 saturated heterocycles. The predicted molar refractivity (Wildman–Crippen MR) is 111 cm³/mol. The third-order valence-corrected chi connectivity index (χ3v) is 5.47. The van der Waals surface area contributed by atoms with E-state index < -0.39 is 6.04 Å². The number of likely N-dealkylation sites (tertiary alicyclic amines) is 1. The van der Waals surface area contributed by atoms with Crippen LogP contribution in [0.15, 0.2) is 54.6 Å². The monoisotopic (exact) mass is 399 g/mol. The minimum atomic E-state index is -0.409. The average Bonchev–Trinajstić information content (AvgIpc) is 3.17. The topological polar surface area (TPSA) is 61.4 Å². The molecule has 2 N–H and O–H groups in total. The van der Waals surface area contributed by atoms with Crippen molar-refractivity contribution in [1.82, 2.24) is 15.5 Å². The van der Waals surface area contributed by atoms with Crippen LogP contribution in [0.4, 0.5) is 0 Å². The first-order valence-corrected chi connectivity index (χ1v) is 10.0. The summed E-state index contributed by atoms with van der Waals surface area (Å²) in [5.74, 6) is -0.216. The molecule has 1 aliphatic heterocycles. The van der Waals surface area contributed by atoms with Gasteiger partial charge in [-0.25, -0.2) is 0 Å². The molecule has 3 rings (SSSR count). The molecule has 0 radical (unpaired) electrons. The first-order valence-electron chi connectivity index (χ1n) is 9.64. The van der Waals surface area contributed by atoms with Crippen LogP contribution in [0, 0.1) is 0 Å². The van der Waals surface area contributed by atoms with Gasteiger partial charge in [0.05, 0.1) is 23.0 Å². The summed E-state index contributed by atoms with van der Waals surface area (Å²) in [5, 5.41) is 6.56. The fourth-order valence-electron chi connectivity index (χ4n) is 3.72. The minimum Gasteiger partial charge on any atom is -0.345 e. The van der Waals surface area contributed by atoms with E-state index in [-0.39, 0.29) is 24.3 Å². The maximum absolute atomic E-state index is 13.0. The van der Waals surface area contributed by atoms with Gasteiger partial charge < -0.3 is 15.5 Å². The Kier molecular flexibility index (Phi) is 7.06. The number of nitrogens with one attached hydrogen (secondary N) is 2. The highest BCUT2D eigenvalue weighted by Crippen LogP contribution is 2.24. The SMILES string of the molecule is CNCC1CCCN1C(=O)CC(NC(=O)c1ccccc1Cl)c1ccccc1. The maximum Gasteiger partial charge on any atom is 0.253 e. The van der Waals surface area contributed by atoms with E-state index in [2.05, 4.69) is 10.6 Å². The van der Waals surface area contributed by atoms with Crippen molar-refractivity contribution in [3.05, 3.63) is 70.7 Å². The maximum atomic E-state index is 13.0. The molecule has 2 aromatic carbocycles. The van der Waals surface area contributed by atoms with Crippen LogP contribution in [0.2, 0.25) is 5.02 Å². The Morgan fingerprint density at radius 2 is 1.86 bits per heavy atom. The number of rotatable bonds is 7. The second-order valence-electron chi connectivity index (χ2n) is 7.06. The van der Waals surface area contributed by atoms with Gasteiger partial charge in [-0.2, -0.15) is 0 Å². The molecule has 28 heavy (non-hydrogen) atoms. The number of nitrogens with zero attached hydrogens (tertiary/aromatic N) is 1. The van der Waals surface area contributed by atoms with E-state index in [9.17, 15) is 9.59 Å². The van der Waals surface area contributed by atoms with Gasteiger partial charge in [-0.1, -0.05) is 54.1 Å². The lowest BCUT2D eigenvalue weighted by Crippen LogP contribution is -2.42. The summed E-state index contributed by atoms with van der Waals surface area (Å²) < 4.78 is 0. The minimum absolute atomic E-state index is 0.0612. The summed E-state index contributed by atoms with van der Waals surface area (Å²) in [4.78, 5) is 27.7. The Morgan fingerprint density at radius 1 is 1.14 bits per heavy atom. The fourth-order valence-corrected chi connectivity index (χ4v) is 3.94. The lowest BCUT2D eigenvalue weighted by molar-refractivity contribution is -0.132.